The Labute approximate surface area is 138 Å². The third-order valence-electron chi connectivity index (χ3n) is 4.03. The fourth-order valence-corrected chi connectivity index (χ4v) is 2.79. The van der Waals surface area contributed by atoms with E-state index in [-0.39, 0.29) is 5.92 Å². The molecule has 0 aliphatic carbocycles. The molecule has 0 spiro atoms. The molecule has 114 valence electrons. The van der Waals surface area contributed by atoms with Crippen LogP contribution < -0.4 is 4.90 Å². The maximum Gasteiger partial charge on any atom is 0.0411 e. The van der Waals surface area contributed by atoms with Gasteiger partial charge in [-0.3, -0.25) is 0 Å². The Morgan fingerprint density at radius 1 is 0.696 bits per heavy atom. The quantitative estimate of drug-likeness (QED) is 0.520. The van der Waals surface area contributed by atoms with Crippen molar-refractivity contribution in [2.45, 2.75) is 5.92 Å². The second kappa shape index (κ2) is 7.46. The van der Waals surface area contributed by atoms with Crippen molar-refractivity contribution >= 4 is 11.4 Å². The van der Waals surface area contributed by atoms with E-state index in [1.807, 2.05) is 6.08 Å². The molecule has 1 nitrogen and oxygen atoms in total. The van der Waals surface area contributed by atoms with Crippen molar-refractivity contribution in [3.8, 4) is 0 Å². The number of hydrogen-bond acceptors (Lipinski definition) is 1. The molecule has 0 aliphatic heterocycles. The van der Waals surface area contributed by atoms with Crippen LogP contribution in [0, 0.1) is 0 Å². The van der Waals surface area contributed by atoms with E-state index in [2.05, 4.69) is 102 Å². The monoisotopic (exact) mass is 299 g/mol. The molecule has 0 heterocycles. The molecule has 0 radical (unpaired) electrons. The van der Waals surface area contributed by atoms with Crippen molar-refractivity contribution in [1.29, 1.82) is 0 Å². The standard InChI is InChI=1S/C22H21N/c1-2-19(20-12-6-3-7-13-20)18-23(21-14-8-4-9-15-21)22-16-10-5-11-17-22/h2-17,19H,1,18H2. The first-order valence-electron chi connectivity index (χ1n) is 7.93. The summed E-state index contributed by atoms with van der Waals surface area (Å²) in [6.07, 6.45) is 2.04. The molecule has 0 saturated carbocycles. The predicted molar refractivity (Wildman–Crippen MR) is 99.3 cm³/mol. The van der Waals surface area contributed by atoms with Crippen LogP contribution >= 0.6 is 0 Å². The Balaban J connectivity index is 1.94. The summed E-state index contributed by atoms with van der Waals surface area (Å²) < 4.78 is 0. The Bertz CT molecular complexity index is 680. The minimum Gasteiger partial charge on any atom is -0.341 e. The van der Waals surface area contributed by atoms with E-state index in [0.29, 0.717) is 0 Å². The molecule has 23 heavy (non-hydrogen) atoms. The third kappa shape index (κ3) is 3.70. The zero-order valence-corrected chi connectivity index (χ0v) is 13.2. The zero-order chi connectivity index (χ0) is 15.9. The summed E-state index contributed by atoms with van der Waals surface area (Å²) in [5, 5.41) is 0. The fourth-order valence-electron chi connectivity index (χ4n) is 2.79. The number of para-hydroxylation sites is 2. The molecule has 3 rings (SSSR count). The lowest BCUT2D eigenvalue weighted by atomic mass is 9.98. The Kier molecular flexibility index (Phi) is 4.90. The molecule has 1 unspecified atom stereocenters. The highest BCUT2D eigenvalue weighted by Crippen LogP contribution is 2.29. The van der Waals surface area contributed by atoms with E-state index >= 15 is 0 Å². The van der Waals surface area contributed by atoms with E-state index in [4.69, 9.17) is 0 Å². The van der Waals surface area contributed by atoms with Crippen LogP contribution in [0.5, 0.6) is 0 Å². The van der Waals surface area contributed by atoms with Crippen molar-refractivity contribution in [3.63, 3.8) is 0 Å². The van der Waals surface area contributed by atoms with Gasteiger partial charge in [0.05, 0.1) is 0 Å². The Hall–Kier alpha value is -2.80. The van der Waals surface area contributed by atoms with Crippen LogP contribution in [0.3, 0.4) is 0 Å². The average Bonchev–Trinajstić information content (AvgIpc) is 2.65. The van der Waals surface area contributed by atoms with Crippen LogP contribution in [-0.4, -0.2) is 6.54 Å². The molecule has 1 atom stereocenters. The molecule has 0 N–H and O–H groups in total. The minimum absolute atomic E-state index is 0.275. The smallest absolute Gasteiger partial charge is 0.0411 e. The molecule has 0 aromatic heterocycles. The molecule has 3 aromatic rings. The van der Waals surface area contributed by atoms with Crippen LogP contribution in [0.15, 0.2) is 104 Å². The first kappa shape index (κ1) is 15.1. The number of nitrogens with zero attached hydrogens (tertiary/aromatic N) is 1. The topological polar surface area (TPSA) is 3.24 Å². The van der Waals surface area contributed by atoms with Gasteiger partial charge in [0.25, 0.3) is 0 Å². The van der Waals surface area contributed by atoms with Gasteiger partial charge in [0, 0.05) is 23.8 Å². The summed E-state index contributed by atoms with van der Waals surface area (Å²) in [5.41, 5.74) is 3.68. The van der Waals surface area contributed by atoms with Crippen molar-refractivity contribution in [2.24, 2.45) is 0 Å². The van der Waals surface area contributed by atoms with Gasteiger partial charge in [-0.2, -0.15) is 0 Å². The third-order valence-corrected chi connectivity index (χ3v) is 4.03. The van der Waals surface area contributed by atoms with Gasteiger partial charge in [0.2, 0.25) is 0 Å². The molecular formula is C22H21N. The fraction of sp³-hybridized carbons (Fsp3) is 0.0909. The van der Waals surface area contributed by atoms with Gasteiger partial charge < -0.3 is 4.90 Å². The normalized spacial score (nSPS) is 11.7. The van der Waals surface area contributed by atoms with Crippen LogP contribution in [0.1, 0.15) is 11.5 Å². The number of benzene rings is 3. The van der Waals surface area contributed by atoms with Crippen LogP contribution in [0.4, 0.5) is 11.4 Å². The molecule has 3 aromatic carbocycles. The molecule has 0 saturated heterocycles. The van der Waals surface area contributed by atoms with Crippen LogP contribution in [-0.2, 0) is 0 Å². The zero-order valence-electron chi connectivity index (χ0n) is 13.2. The van der Waals surface area contributed by atoms with Crippen molar-refractivity contribution < 1.29 is 0 Å². The first-order valence-corrected chi connectivity index (χ1v) is 7.93. The van der Waals surface area contributed by atoms with Gasteiger partial charge in [-0.1, -0.05) is 72.8 Å². The lowest BCUT2D eigenvalue weighted by Gasteiger charge is -2.28. The molecule has 0 fully saturated rings. The second-order valence-electron chi connectivity index (χ2n) is 5.53. The molecule has 0 bridgehead atoms. The van der Waals surface area contributed by atoms with Gasteiger partial charge in [-0.15, -0.1) is 6.58 Å². The average molecular weight is 299 g/mol. The summed E-state index contributed by atoms with van der Waals surface area (Å²) >= 11 is 0. The van der Waals surface area contributed by atoms with Crippen LogP contribution in [0.25, 0.3) is 0 Å². The molecule has 0 aliphatic rings. The molecular weight excluding hydrogens is 278 g/mol. The highest BCUT2D eigenvalue weighted by molar-refractivity contribution is 5.63. The van der Waals surface area contributed by atoms with Gasteiger partial charge in [0.1, 0.15) is 0 Å². The molecule has 0 amide bonds. The van der Waals surface area contributed by atoms with Crippen LogP contribution in [0.2, 0.25) is 0 Å². The van der Waals surface area contributed by atoms with E-state index in [0.717, 1.165) is 6.54 Å². The first-order chi connectivity index (χ1) is 11.4. The van der Waals surface area contributed by atoms with Crippen molar-refractivity contribution in [1.82, 2.24) is 0 Å². The SMILES string of the molecule is C=CC(CN(c1ccccc1)c1ccccc1)c1ccccc1. The minimum atomic E-state index is 0.275. The van der Waals surface area contributed by atoms with Gasteiger partial charge in [-0.25, -0.2) is 0 Å². The molecule has 1 heteroatoms. The summed E-state index contributed by atoms with van der Waals surface area (Å²) in [4.78, 5) is 2.35. The van der Waals surface area contributed by atoms with E-state index in [9.17, 15) is 0 Å². The highest BCUT2D eigenvalue weighted by atomic mass is 15.1. The van der Waals surface area contributed by atoms with E-state index in [1.165, 1.54) is 16.9 Å². The number of anilines is 2. The second-order valence-corrected chi connectivity index (χ2v) is 5.53. The van der Waals surface area contributed by atoms with Gasteiger partial charge >= 0.3 is 0 Å². The maximum absolute atomic E-state index is 4.05. The number of rotatable bonds is 6. The Morgan fingerprint density at radius 3 is 1.57 bits per heavy atom. The lowest BCUT2D eigenvalue weighted by Crippen LogP contribution is -2.23. The van der Waals surface area contributed by atoms with Crippen molar-refractivity contribution in [3.05, 3.63) is 109 Å². The predicted octanol–water partition coefficient (Wildman–Crippen LogP) is 5.79. The number of hydrogen-bond donors (Lipinski definition) is 0. The van der Waals surface area contributed by atoms with E-state index < -0.39 is 0 Å². The van der Waals surface area contributed by atoms with Gasteiger partial charge in [-0.05, 0) is 29.8 Å². The Morgan fingerprint density at radius 2 is 1.13 bits per heavy atom. The maximum atomic E-state index is 4.05. The summed E-state index contributed by atoms with van der Waals surface area (Å²) in [6.45, 7) is 4.91. The highest BCUT2D eigenvalue weighted by Gasteiger charge is 2.15. The summed E-state index contributed by atoms with van der Waals surface area (Å²) in [7, 11) is 0. The van der Waals surface area contributed by atoms with E-state index in [1.54, 1.807) is 0 Å². The lowest BCUT2D eigenvalue weighted by molar-refractivity contribution is 0.820. The summed E-state index contributed by atoms with van der Waals surface area (Å²) in [6, 6.07) is 31.6. The largest absolute Gasteiger partial charge is 0.341 e. The van der Waals surface area contributed by atoms with Gasteiger partial charge in [0.15, 0.2) is 0 Å². The summed E-state index contributed by atoms with van der Waals surface area (Å²) in [5.74, 6) is 0.275. The van der Waals surface area contributed by atoms with Crippen molar-refractivity contribution in [2.75, 3.05) is 11.4 Å².